The monoisotopic (exact) mass is 444 g/mol. The smallest absolute Gasteiger partial charge is 0.108 e. The van der Waals surface area contributed by atoms with Gasteiger partial charge in [-0.3, -0.25) is 9.80 Å². The van der Waals surface area contributed by atoms with E-state index in [9.17, 15) is 0 Å². The van der Waals surface area contributed by atoms with Crippen LogP contribution in [0.5, 0.6) is 0 Å². The van der Waals surface area contributed by atoms with Gasteiger partial charge in [0.2, 0.25) is 0 Å². The van der Waals surface area contributed by atoms with Crippen molar-refractivity contribution in [2.24, 2.45) is 0 Å². The SMILES string of the molecule is CC1CN(C(C)OC(C)CCOCCC(C)OC(C)N2CC(C)OC(C)C2)CC(C)O1. The van der Waals surface area contributed by atoms with Gasteiger partial charge in [0.25, 0.3) is 0 Å². The summed E-state index contributed by atoms with van der Waals surface area (Å²) in [6, 6.07) is 0. The second-order valence-corrected chi connectivity index (χ2v) is 9.70. The van der Waals surface area contributed by atoms with Crippen LogP contribution in [0.15, 0.2) is 0 Å². The van der Waals surface area contributed by atoms with E-state index in [1.807, 2.05) is 0 Å². The van der Waals surface area contributed by atoms with E-state index in [0.29, 0.717) is 13.2 Å². The van der Waals surface area contributed by atoms with E-state index >= 15 is 0 Å². The minimum absolute atomic E-state index is 0.101. The summed E-state index contributed by atoms with van der Waals surface area (Å²) in [6.45, 7) is 22.2. The number of morpholine rings is 2. The Morgan fingerprint density at radius 3 is 1.29 bits per heavy atom. The molecule has 8 unspecified atom stereocenters. The van der Waals surface area contributed by atoms with Gasteiger partial charge in [-0.15, -0.1) is 0 Å². The van der Waals surface area contributed by atoms with Crippen molar-refractivity contribution < 1.29 is 23.7 Å². The average Bonchev–Trinajstić information content (AvgIpc) is 2.66. The normalized spacial score (nSPS) is 32.5. The molecule has 0 saturated carbocycles. The number of nitrogens with zero attached hydrogens (tertiary/aromatic N) is 2. The summed E-state index contributed by atoms with van der Waals surface area (Å²) in [5.41, 5.74) is 0. The predicted octanol–water partition coefficient (Wildman–Crippen LogP) is 3.50. The summed E-state index contributed by atoms with van der Waals surface area (Å²) in [5, 5.41) is 0. The summed E-state index contributed by atoms with van der Waals surface area (Å²) in [7, 11) is 0. The molecule has 7 nitrogen and oxygen atoms in total. The Balaban J connectivity index is 1.54. The molecule has 31 heavy (non-hydrogen) atoms. The molecule has 2 aliphatic heterocycles. The van der Waals surface area contributed by atoms with E-state index in [-0.39, 0.29) is 49.1 Å². The topological polar surface area (TPSA) is 52.6 Å². The van der Waals surface area contributed by atoms with Crippen molar-refractivity contribution >= 4 is 0 Å². The molecule has 0 aromatic carbocycles. The third kappa shape index (κ3) is 10.0. The maximum Gasteiger partial charge on any atom is 0.108 e. The molecular weight excluding hydrogens is 396 g/mol. The molecule has 0 spiro atoms. The maximum absolute atomic E-state index is 6.20. The molecule has 0 radical (unpaired) electrons. The molecule has 2 fully saturated rings. The number of ether oxygens (including phenoxy) is 5. The maximum atomic E-state index is 6.20. The third-order valence-corrected chi connectivity index (χ3v) is 6.12. The number of rotatable bonds is 12. The van der Waals surface area contributed by atoms with Crippen molar-refractivity contribution in [2.45, 2.75) is 117 Å². The molecule has 2 rings (SSSR count). The van der Waals surface area contributed by atoms with Crippen molar-refractivity contribution in [1.82, 2.24) is 9.80 Å². The molecule has 0 aromatic rings. The minimum atomic E-state index is 0.101. The van der Waals surface area contributed by atoms with Gasteiger partial charge < -0.3 is 23.7 Å². The largest absolute Gasteiger partial charge is 0.381 e. The first-order valence-electron chi connectivity index (χ1n) is 12.3. The Labute approximate surface area is 190 Å². The Bertz CT molecular complexity index is 435. The lowest BCUT2D eigenvalue weighted by Crippen LogP contribution is -2.50. The first kappa shape index (κ1) is 27.0. The highest BCUT2D eigenvalue weighted by Gasteiger charge is 2.28. The summed E-state index contributed by atoms with van der Waals surface area (Å²) in [4.78, 5) is 4.73. The second kappa shape index (κ2) is 13.4. The molecule has 2 aliphatic rings. The Morgan fingerprint density at radius 1 is 0.645 bits per heavy atom. The lowest BCUT2D eigenvalue weighted by atomic mass is 10.2. The molecule has 0 aromatic heterocycles. The number of hydrogen-bond donors (Lipinski definition) is 0. The quantitative estimate of drug-likeness (QED) is 0.427. The van der Waals surface area contributed by atoms with Gasteiger partial charge in [0, 0.05) is 39.4 Å². The molecule has 184 valence electrons. The van der Waals surface area contributed by atoms with Gasteiger partial charge in [0.15, 0.2) is 0 Å². The van der Waals surface area contributed by atoms with Crippen LogP contribution < -0.4 is 0 Å². The van der Waals surface area contributed by atoms with Crippen molar-refractivity contribution in [3.63, 3.8) is 0 Å². The highest BCUT2D eigenvalue weighted by molar-refractivity contribution is 4.75. The van der Waals surface area contributed by atoms with Crippen LogP contribution in [-0.2, 0) is 23.7 Å². The second-order valence-electron chi connectivity index (χ2n) is 9.70. The molecule has 0 bridgehead atoms. The van der Waals surface area contributed by atoms with Crippen LogP contribution in [0.1, 0.15) is 68.2 Å². The van der Waals surface area contributed by atoms with Crippen LogP contribution in [0.3, 0.4) is 0 Å². The van der Waals surface area contributed by atoms with Crippen molar-refractivity contribution in [3.05, 3.63) is 0 Å². The summed E-state index contributed by atoms with van der Waals surface area (Å²) >= 11 is 0. The molecule has 8 atom stereocenters. The number of hydrogen-bond acceptors (Lipinski definition) is 7. The fourth-order valence-corrected chi connectivity index (χ4v) is 4.61. The molecular formula is C24H48N2O5. The van der Waals surface area contributed by atoms with E-state index < -0.39 is 0 Å². The van der Waals surface area contributed by atoms with Crippen molar-refractivity contribution in [1.29, 1.82) is 0 Å². The molecule has 2 heterocycles. The van der Waals surface area contributed by atoms with E-state index in [1.165, 1.54) is 0 Å². The zero-order valence-electron chi connectivity index (χ0n) is 21.2. The van der Waals surface area contributed by atoms with Crippen molar-refractivity contribution in [2.75, 3.05) is 39.4 Å². The first-order chi connectivity index (χ1) is 14.6. The molecule has 0 aliphatic carbocycles. The Kier molecular flexibility index (Phi) is 11.7. The lowest BCUT2D eigenvalue weighted by molar-refractivity contribution is -0.153. The van der Waals surface area contributed by atoms with Gasteiger partial charge in [0.1, 0.15) is 12.5 Å². The van der Waals surface area contributed by atoms with E-state index in [2.05, 4.69) is 65.2 Å². The summed E-state index contributed by atoms with van der Waals surface area (Å²) in [5.74, 6) is 0. The third-order valence-electron chi connectivity index (χ3n) is 6.12. The molecule has 2 saturated heterocycles. The van der Waals surface area contributed by atoms with E-state index in [0.717, 1.165) is 39.0 Å². The lowest BCUT2D eigenvalue weighted by Gasteiger charge is -2.39. The predicted molar refractivity (Wildman–Crippen MR) is 123 cm³/mol. The Morgan fingerprint density at radius 2 is 0.968 bits per heavy atom. The van der Waals surface area contributed by atoms with Gasteiger partial charge in [-0.25, -0.2) is 0 Å². The molecule has 7 heteroatoms. The van der Waals surface area contributed by atoms with E-state index in [4.69, 9.17) is 23.7 Å². The highest BCUT2D eigenvalue weighted by Crippen LogP contribution is 2.17. The highest BCUT2D eigenvalue weighted by atomic mass is 16.5. The molecule has 0 amide bonds. The van der Waals surface area contributed by atoms with Gasteiger partial charge in [-0.05, 0) is 68.2 Å². The zero-order valence-corrected chi connectivity index (χ0v) is 21.2. The summed E-state index contributed by atoms with van der Waals surface area (Å²) in [6.07, 6.45) is 3.37. The summed E-state index contributed by atoms with van der Waals surface area (Å²) < 4.78 is 29.9. The van der Waals surface area contributed by atoms with Crippen LogP contribution in [0, 0.1) is 0 Å². The van der Waals surface area contributed by atoms with Gasteiger partial charge in [-0.1, -0.05) is 0 Å². The van der Waals surface area contributed by atoms with Crippen molar-refractivity contribution in [3.8, 4) is 0 Å². The standard InChI is InChI=1S/C24H48N2O5/c1-17(30-23(7)25-13-19(3)28-20(4)14-25)9-11-27-12-10-18(2)31-24(8)26-15-21(5)29-22(6)16-26/h17-24H,9-16H2,1-8H3. The minimum Gasteiger partial charge on any atom is -0.381 e. The Hall–Kier alpha value is -0.280. The van der Waals surface area contributed by atoms with Crippen LogP contribution in [0.25, 0.3) is 0 Å². The van der Waals surface area contributed by atoms with Gasteiger partial charge in [0.05, 0.1) is 36.6 Å². The average molecular weight is 445 g/mol. The van der Waals surface area contributed by atoms with Crippen LogP contribution in [-0.4, -0.2) is 98.3 Å². The van der Waals surface area contributed by atoms with E-state index in [1.54, 1.807) is 0 Å². The van der Waals surface area contributed by atoms with Crippen LogP contribution in [0.4, 0.5) is 0 Å². The van der Waals surface area contributed by atoms with Crippen LogP contribution in [0.2, 0.25) is 0 Å². The van der Waals surface area contributed by atoms with Crippen LogP contribution >= 0.6 is 0 Å². The fourth-order valence-electron chi connectivity index (χ4n) is 4.61. The fraction of sp³-hybridized carbons (Fsp3) is 1.00. The van der Waals surface area contributed by atoms with Gasteiger partial charge in [-0.2, -0.15) is 0 Å². The zero-order chi connectivity index (χ0) is 23.0. The first-order valence-corrected chi connectivity index (χ1v) is 12.3. The molecule has 0 N–H and O–H groups in total. The van der Waals surface area contributed by atoms with Gasteiger partial charge >= 0.3 is 0 Å².